The second kappa shape index (κ2) is 6.68. The van der Waals surface area contributed by atoms with Crippen LogP contribution in [0, 0.1) is 0 Å². The molecule has 1 unspecified atom stereocenters. The van der Waals surface area contributed by atoms with Crippen molar-refractivity contribution in [3.8, 4) is 0 Å². The molecule has 0 radical (unpaired) electrons. The molecular formula is C15H22N2O2. The van der Waals surface area contributed by atoms with Crippen LogP contribution in [0.5, 0.6) is 0 Å². The van der Waals surface area contributed by atoms with Gasteiger partial charge in [-0.05, 0) is 24.9 Å². The highest BCUT2D eigenvalue weighted by atomic mass is 16.5. The third-order valence-corrected chi connectivity index (χ3v) is 3.67. The van der Waals surface area contributed by atoms with Crippen molar-refractivity contribution in [1.29, 1.82) is 0 Å². The minimum Gasteiger partial charge on any atom is -0.469 e. The Labute approximate surface area is 114 Å². The lowest BCUT2D eigenvalue weighted by atomic mass is 9.97. The first kappa shape index (κ1) is 14.0. The van der Waals surface area contributed by atoms with Gasteiger partial charge >= 0.3 is 5.97 Å². The highest BCUT2D eigenvalue weighted by Gasteiger charge is 2.26. The number of rotatable bonds is 4. The number of piperidine rings is 1. The quantitative estimate of drug-likeness (QED) is 0.833. The zero-order chi connectivity index (χ0) is 13.7. The zero-order valence-corrected chi connectivity index (χ0v) is 11.4. The summed E-state index contributed by atoms with van der Waals surface area (Å²) in [5.74, 6) is -0.401. The summed E-state index contributed by atoms with van der Waals surface area (Å²) in [5.41, 5.74) is 7.00. The van der Waals surface area contributed by atoms with Gasteiger partial charge in [-0.3, -0.25) is 4.79 Å². The van der Waals surface area contributed by atoms with E-state index < -0.39 is 0 Å². The minimum atomic E-state index is -0.225. The molecule has 1 saturated heterocycles. The summed E-state index contributed by atoms with van der Waals surface area (Å²) >= 11 is 0. The Bertz CT molecular complexity index is 408. The molecule has 1 fully saturated rings. The average Bonchev–Trinajstić information content (AvgIpc) is 2.45. The molecule has 1 aromatic rings. The van der Waals surface area contributed by atoms with Crippen molar-refractivity contribution in [1.82, 2.24) is 4.90 Å². The van der Waals surface area contributed by atoms with Crippen molar-refractivity contribution in [2.75, 3.05) is 26.7 Å². The molecule has 0 amide bonds. The van der Waals surface area contributed by atoms with E-state index in [1.807, 2.05) is 30.3 Å². The monoisotopic (exact) mass is 262 g/mol. The summed E-state index contributed by atoms with van der Waals surface area (Å²) in [4.78, 5) is 14.3. The van der Waals surface area contributed by atoms with Crippen molar-refractivity contribution in [2.24, 2.45) is 5.73 Å². The average molecular weight is 262 g/mol. The van der Waals surface area contributed by atoms with Crippen molar-refractivity contribution < 1.29 is 9.53 Å². The van der Waals surface area contributed by atoms with E-state index in [0.717, 1.165) is 31.5 Å². The Hall–Kier alpha value is -1.39. The van der Waals surface area contributed by atoms with Crippen LogP contribution < -0.4 is 5.73 Å². The normalized spacial score (nSPS) is 21.9. The lowest BCUT2D eigenvalue weighted by Gasteiger charge is -2.32. The van der Waals surface area contributed by atoms with Crippen LogP contribution in [0.25, 0.3) is 0 Å². The molecule has 1 aliphatic rings. The molecule has 1 aromatic carbocycles. The Balaban J connectivity index is 2.08. The number of hydrogen-bond acceptors (Lipinski definition) is 4. The van der Waals surface area contributed by atoms with Crippen LogP contribution in [0.1, 0.15) is 24.3 Å². The largest absolute Gasteiger partial charge is 0.469 e. The first-order valence-corrected chi connectivity index (χ1v) is 6.81. The summed E-state index contributed by atoms with van der Waals surface area (Å²) in [6.07, 6.45) is 2.18. The molecule has 2 N–H and O–H groups in total. The van der Waals surface area contributed by atoms with E-state index >= 15 is 0 Å². The second-order valence-electron chi connectivity index (χ2n) is 5.15. The molecule has 19 heavy (non-hydrogen) atoms. The number of benzene rings is 1. The Morgan fingerprint density at radius 1 is 1.47 bits per heavy atom. The number of likely N-dealkylation sites (tertiary alicyclic amines) is 1. The van der Waals surface area contributed by atoms with Crippen molar-refractivity contribution in [3.63, 3.8) is 0 Å². The van der Waals surface area contributed by atoms with Crippen LogP contribution in [0.3, 0.4) is 0 Å². The number of nitrogens with two attached hydrogens (primary N) is 1. The van der Waals surface area contributed by atoms with Gasteiger partial charge in [-0.15, -0.1) is 0 Å². The molecule has 4 nitrogen and oxygen atoms in total. The van der Waals surface area contributed by atoms with E-state index in [-0.39, 0.29) is 17.9 Å². The number of methoxy groups -OCH3 is 1. The van der Waals surface area contributed by atoms with E-state index in [1.165, 1.54) is 7.11 Å². The number of carbonyl (C=O) groups excluding carboxylic acids is 1. The number of hydrogen-bond donors (Lipinski definition) is 1. The van der Waals surface area contributed by atoms with Crippen molar-refractivity contribution >= 4 is 5.97 Å². The van der Waals surface area contributed by atoms with Gasteiger partial charge in [-0.2, -0.15) is 0 Å². The van der Waals surface area contributed by atoms with Gasteiger partial charge in [-0.1, -0.05) is 30.3 Å². The van der Waals surface area contributed by atoms with Gasteiger partial charge in [-0.25, -0.2) is 0 Å². The number of carbonyl (C=O) groups is 1. The lowest BCUT2D eigenvalue weighted by molar-refractivity contribution is -0.143. The van der Waals surface area contributed by atoms with Gasteiger partial charge in [0.1, 0.15) is 0 Å². The van der Waals surface area contributed by atoms with Gasteiger partial charge in [0.15, 0.2) is 0 Å². The van der Waals surface area contributed by atoms with Crippen molar-refractivity contribution in [2.45, 2.75) is 24.8 Å². The summed E-state index contributed by atoms with van der Waals surface area (Å²) < 4.78 is 4.94. The first-order valence-electron chi connectivity index (χ1n) is 6.81. The fourth-order valence-corrected chi connectivity index (χ4v) is 2.66. The second-order valence-corrected chi connectivity index (χ2v) is 5.15. The molecule has 0 bridgehead atoms. The molecule has 0 spiro atoms. The standard InChI is InChI=1S/C15H22N2O2/c1-19-15(18)14(12-6-3-2-4-7-12)11-17-9-5-8-13(16)10-17/h2-4,6-7,13-14H,5,8-11,16H2,1H3/t13-,14?/m1/s1. The highest BCUT2D eigenvalue weighted by molar-refractivity contribution is 5.78. The predicted molar refractivity (Wildman–Crippen MR) is 74.8 cm³/mol. The summed E-state index contributed by atoms with van der Waals surface area (Å²) in [6.45, 7) is 2.55. The summed E-state index contributed by atoms with van der Waals surface area (Å²) in [6, 6.07) is 10.0. The fourth-order valence-electron chi connectivity index (χ4n) is 2.66. The van der Waals surface area contributed by atoms with E-state index in [0.29, 0.717) is 6.54 Å². The van der Waals surface area contributed by atoms with E-state index in [1.54, 1.807) is 0 Å². The van der Waals surface area contributed by atoms with Crippen LogP contribution in [0.4, 0.5) is 0 Å². The van der Waals surface area contributed by atoms with E-state index in [4.69, 9.17) is 10.5 Å². The summed E-state index contributed by atoms with van der Waals surface area (Å²) in [5, 5.41) is 0. The van der Waals surface area contributed by atoms with Crippen LogP contribution in [-0.4, -0.2) is 43.7 Å². The molecule has 4 heteroatoms. The maximum atomic E-state index is 12.0. The van der Waals surface area contributed by atoms with Crippen molar-refractivity contribution in [3.05, 3.63) is 35.9 Å². The highest BCUT2D eigenvalue weighted by Crippen LogP contribution is 2.20. The third-order valence-electron chi connectivity index (χ3n) is 3.67. The van der Waals surface area contributed by atoms with Gasteiger partial charge in [0.25, 0.3) is 0 Å². The fraction of sp³-hybridized carbons (Fsp3) is 0.533. The van der Waals surface area contributed by atoms with Gasteiger partial charge < -0.3 is 15.4 Å². The first-order chi connectivity index (χ1) is 9.20. The van der Waals surface area contributed by atoms with Gasteiger partial charge in [0.05, 0.1) is 13.0 Å². The molecular weight excluding hydrogens is 240 g/mol. The molecule has 0 aromatic heterocycles. The summed E-state index contributed by atoms with van der Waals surface area (Å²) in [7, 11) is 1.44. The van der Waals surface area contributed by atoms with Crippen LogP contribution in [0.15, 0.2) is 30.3 Å². The smallest absolute Gasteiger partial charge is 0.314 e. The maximum absolute atomic E-state index is 12.0. The zero-order valence-electron chi connectivity index (χ0n) is 11.4. The Morgan fingerprint density at radius 3 is 2.84 bits per heavy atom. The van der Waals surface area contributed by atoms with Crippen LogP contribution in [0.2, 0.25) is 0 Å². The lowest BCUT2D eigenvalue weighted by Crippen LogP contribution is -2.45. The maximum Gasteiger partial charge on any atom is 0.314 e. The molecule has 0 aliphatic carbocycles. The molecule has 2 rings (SSSR count). The van der Waals surface area contributed by atoms with E-state index in [2.05, 4.69) is 4.90 Å². The van der Waals surface area contributed by atoms with E-state index in [9.17, 15) is 4.79 Å². The third kappa shape index (κ3) is 3.78. The SMILES string of the molecule is COC(=O)C(CN1CCC[C@@H](N)C1)c1ccccc1. The Morgan fingerprint density at radius 2 is 2.21 bits per heavy atom. The molecule has 1 aliphatic heterocycles. The van der Waals surface area contributed by atoms with Crippen LogP contribution in [-0.2, 0) is 9.53 Å². The number of nitrogens with zero attached hydrogens (tertiary/aromatic N) is 1. The predicted octanol–water partition coefficient (Wildman–Crippen LogP) is 1.37. The van der Waals surface area contributed by atoms with Gasteiger partial charge in [0, 0.05) is 19.1 Å². The molecule has 2 atom stereocenters. The molecule has 104 valence electrons. The van der Waals surface area contributed by atoms with Gasteiger partial charge in [0.2, 0.25) is 0 Å². The minimum absolute atomic E-state index is 0.176. The number of esters is 1. The van der Waals surface area contributed by atoms with Crippen LogP contribution >= 0.6 is 0 Å². The molecule has 1 heterocycles. The number of ether oxygens (including phenoxy) is 1. The Kier molecular flexibility index (Phi) is 4.93. The topological polar surface area (TPSA) is 55.6 Å². The molecule has 0 saturated carbocycles.